The van der Waals surface area contributed by atoms with Crippen LogP contribution >= 0.6 is 11.8 Å². The summed E-state index contributed by atoms with van der Waals surface area (Å²) in [5, 5.41) is 3.51. The van der Waals surface area contributed by atoms with E-state index in [4.69, 9.17) is 9.47 Å². The van der Waals surface area contributed by atoms with Gasteiger partial charge in [0.15, 0.2) is 0 Å². The van der Waals surface area contributed by atoms with Crippen molar-refractivity contribution in [3.8, 4) is 16.9 Å². The fourth-order valence-electron chi connectivity index (χ4n) is 3.25. The number of fused-ring (bicyclic) bond motifs is 1. The molecule has 0 aliphatic carbocycles. The number of hydrogen-bond donors (Lipinski definition) is 2. The van der Waals surface area contributed by atoms with E-state index in [1.54, 1.807) is 38.3 Å². The first-order valence-corrected chi connectivity index (χ1v) is 11.2. The van der Waals surface area contributed by atoms with Crippen molar-refractivity contribution in [2.75, 3.05) is 24.8 Å². The van der Waals surface area contributed by atoms with Crippen molar-refractivity contribution in [2.45, 2.75) is 11.9 Å². The van der Waals surface area contributed by atoms with Gasteiger partial charge in [0.25, 0.3) is 0 Å². The maximum Gasteiger partial charge on any atom is 0.338 e. The van der Waals surface area contributed by atoms with Gasteiger partial charge in [0, 0.05) is 17.4 Å². The summed E-state index contributed by atoms with van der Waals surface area (Å²) in [6.07, 6.45) is 3.38. The van der Waals surface area contributed by atoms with E-state index in [2.05, 4.69) is 20.3 Å². The summed E-state index contributed by atoms with van der Waals surface area (Å²) in [6, 6.07) is 14.3. The second-order valence-electron chi connectivity index (χ2n) is 6.97. The van der Waals surface area contributed by atoms with Crippen molar-refractivity contribution in [3.63, 3.8) is 0 Å². The lowest BCUT2D eigenvalue weighted by Crippen LogP contribution is -2.14. The SMILES string of the molecule is CCOC(=O)c1ccc(NC(=O)CSc2ncnc3c(-c4ccc(OC)cc4)c[nH]c23)cc1. The van der Waals surface area contributed by atoms with Crippen molar-refractivity contribution >= 4 is 40.4 Å². The van der Waals surface area contributed by atoms with E-state index in [-0.39, 0.29) is 11.7 Å². The summed E-state index contributed by atoms with van der Waals surface area (Å²) in [5.41, 5.74) is 4.55. The normalized spacial score (nSPS) is 10.7. The van der Waals surface area contributed by atoms with E-state index in [1.165, 1.54) is 18.1 Å². The number of nitrogens with one attached hydrogen (secondary N) is 2. The van der Waals surface area contributed by atoms with Crippen molar-refractivity contribution in [1.82, 2.24) is 15.0 Å². The number of aromatic amines is 1. The minimum Gasteiger partial charge on any atom is -0.497 e. The number of amides is 1. The molecule has 2 N–H and O–H groups in total. The van der Waals surface area contributed by atoms with Gasteiger partial charge in [-0.1, -0.05) is 23.9 Å². The lowest BCUT2D eigenvalue weighted by molar-refractivity contribution is -0.113. The third kappa shape index (κ3) is 5.15. The molecule has 0 saturated carbocycles. The topological polar surface area (TPSA) is 106 Å². The quantitative estimate of drug-likeness (QED) is 0.225. The highest BCUT2D eigenvalue weighted by Gasteiger charge is 2.14. The average molecular weight is 463 g/mol. The lowest BCUT2D eigenvalue weighted by atomic mass is 10.1. The van der Waals surface area contributed by atoms with Gasteiger partial charge >= 0.3 is 5.97 Å². The van der Waals surface area contributed by atoms with E-state index < -0.39 is 5.97 Å². The fourth-order valence-corrected chi connectivity index (χ4v) is 4.01. The molecule has 0 saturated heterocycles. The first-order valence-electron chi connectivity index (χ1n) is 10.3. The van der Waals surface area contributed by atoms with Crippen LogP contribution in [0.4, 0.5) is 5.69 Å². The molecule has 0 radical (unpaired) electrons. The van der Waals surface area contributed by atoms with Gasteiger partial charge < -0.3 is 19.8 Å². The van der Waals surface area contributed by atoms with Crippen LogP contribution in [0, 0.1) is 0 Å². The molecular formula is C24H22N4O4S. The van der Waals surface area contributed by atoms with Gasteiger partial charge in [-0.15, -0.1) is 0 Å². The van der Waals surface area contributed by atoms with E-state index in [1.807, 2.05) is 30.5 Å². The van der Waals surface area contributed by atoms with Gasteiger partial charge in [0.2, 0.25) is 5.91 Å². The molecule has 0 fully saturated rings. The summed E-state index contributed by atoms with van der Waals surface area (Å²) in [6.45, 7) is 2.07. The molecule has 0 bridgehead atoms. The van der Waals surface area contributed by atoms with Crippen molar-refractivity contribution in [1.29, 1.82) is 0 Å². The number of nitrogens with zero attached hydrogens (tertiary/aromatic N) is 2. The maximum atomic E-state index is 12.4. The number of H-pyrrole nitrogens is 1. The molecule has 0 aliphatic heterocycles. The predicted octanol–water partition coefficient (Wildman–Crippen LogP) is 4.54. The summed E-state index contributed by atoms with van der Waals surface area (Å²) in [7, 11) is 1.63. The average Bonchev–Trinajstić information content (AvgIpc) is 3.28. The van der Waals surface area contributed by atoms with Crippen LogP contribution < -0.4 is 10.1 Å². The highest BCUT2D eigenvalue weighted by Crippen LogP contribution is 2.32. The number of hydrogen-bond acceptors (Lipinski definition) is 7. The van der Waals surface area contributed by atoms with Crippen molar-refractivity contribution < 1.29 is 19.1 Å². The molecule has 9 heteroatoms. The molecule has 2 aromatic carbocycles. The van der Waals surface area contributed by atoms with Crippen LogP contribution in [0.15, 0.2) is 66.1 Å². The van der Waals surface area contributed by atoms with Crippen molar-refractivity contribution in [3.05, 3.63) is 66.6 Å². The van der Waals surface area contributed by atoms with E-state index in [9.17, 15) is 9.59 Å². The van der Waals surface area contributed by atoms with Gasteiger partial charge in [0.05, 0.1) is 30.5 Å². The van der Waals surface area contributed by atoms with Crippen LogP contribution in [-0.2, 0) is 9.53 Å². The summed E-state index contributed by atoms with van der Waals surface area (Å²) >= 11 is 1.32. The second kappa shape index (κ2) is 10.2. The molecule has 1 amide bonds. The zero-order chi connectivity index (χ0) is 23.2. The monoisotopic (exact) mass is 462 g/mol. The molecule has 2 aromatic heterocycles. The number of carbonyl (C=O) groups is 2. The minimum absolute atomic E-state index is 0.169. The van der Waals surface area contributed by atoms with Crippen LogP contribution in [0.25, 0.3) is 22.2 Å². The number of esters is 1. The Morgan fingerprint density at radius 2 is 1.82 bits per heavy atom. The number of anilines is 1. The van der Waals surface area contributed by atoms with E-state index in [0.29, 0.717) is 22.9 Å². The predicted molar refractivity (Wildman–Crippen MR) is 128 cm³/mol. The summed E-state index contributed by atoms with van der Waals surface area (Å²) < 4.78 is 10.2. The van der Waals surface area contributed by atoms with Crippen molar-refractivity contribution in [2.24, 2.45) is 0 Å². The maximum absolute atomic E-state index is 12.4. The number of aromatic nitrogens is 3. The highest BCUT2D eigenvalue weighted by atomic mass is 32.2. The molecule has 2 heterocycles. The zero-order valence-electron chi connectivity index (χ0n) is 18.1. The van der Waals surface area contributed by atoms with Gasteiger partial charge in [-0.05, 0) is 48.9 Å². The molecule has 0 aliphatic rings. The van der Waals surface area contributed by atoms with Gasteiger partial charge in [-0.2, -0.15) is 0 Å². The van der Waals surface area contributed by atoms with Crippen LogP contribution in [0.1, 0.15) is 17.3 Å². The number of carbonyl (C=O) groups excluding carboxylic acids is 2. The number of ether oxygens (including phenoxy) is 2. The summed E-state index contributed by atoms with van der Waals surface area (Å²) in [4.78, 5) is 36.2. The summed E-state index contributed by atoms with van der Waals surface area (Å²) in [5.74, 6) is 0.380. The van der Waals surface area contributed by atoms with Crippen LogP contribution in [0.3, 0.4) is 0 Å². The molecule has 4 rings (SSSR count). The fraction of sp³-hybridized carbons (Fsp3) is 0.167. The highest BCUT2D eigenvalue weighted by molar-refractivity contribution is 8.00. The Balaban J connectivity index is 1.42. The minimum atomic E-state index is -0.390. The lowest BCUT2D eigenvalue weighted by Gasteiger charge is -2.07. The molecule has 0 atom stereocenters. The first kappa shape index (κ1) is 22.3. The van der Waals surface area contributed by atoms with Crippen LogP contribution in [0.2, 0.25) is 0 Å². The largest absolute Gasteiger partial charge is 0.497 e. The molecule has 33 heavy (non-hydrogen) atoms. The Morgan fingerprint density at radius 1 is 1.06 bits per heavy atom. The Bertz CT molecular complexity index is 1270. The zero-order valence-corrected chi connectivity index (χ0v) is 18.9. The Morgan fingerprint density at radius 3 is 2.52 bits per heavy atom. The molecule has 0 unspecified atom stereocenters. The number of methoxy groups -OCH3 is 1. The molecule has 8 nitrogen and oxygen atoms in total. The first-order chi connectivity index (χ1) is 16.1. The Kier molecular flexibility index (Phi) is 6.89. The number of thioether (sulfide) groups is 1. The second-order valence-corrected chi connectivity index (χ2v) is 7.93. The standard InChI is InChI=1S/C24H22N4O4S/c1-3-32-24(30)16-4-8-17(9-5-16)28-20(29)13-33-23-22-21(26-14-27-23)19(12-25-22)15-6-10-18(31-2)11-7-15/h4-12,14,25H,3,13H2,1-2H3,(H,28,29). The molecule has 0 spiro atoms. The number of benzene rings is 2. The third-order valence-corrected chi connectivity index (χ3v) is 5.84. The van der Waals surface area contributed by atoms with E-state index in [0.717, 1.165) is 27.9 Å². The number of rotatable bonds is 8. The van der Waals surface area contributed by atoms with E-state index >= 15 is 0 Å². The van der Waals surface area contributed by atoms with Gasteiger partial charge in [0.1, 0.15) is 22.6 Å². The van der Waals surface area contributed by atoms with Gasteiger partial charge in [-0.25, -0.2) is 14.8 Å². The molecular weight excluding hydrogens is 440 g/mol. The Labute approximate surface area is 194 Å². The third-order valence-electron chi connectivity index (χ3n) is 4.85. The molecule has 4 aromatic rings. The van der Waals surface area contributed by atoms with Crippen LogP contribution in [-0.4, -0.2) is 46.3 Å². The smallest absolute Gasteiger partial charge is 0.338 e. The Hall–Kier alpha value is -3.85. The van der Waals surface area contributed by atoms with Gasteiger partial charge in [-0.3, -0.25) is 4.79 Å². The van der Waals surface area contributed by atoms with Crippen LogP contribution in [0.5, 0.6) is 5.75 Å². The molecule has 168 valence electrons.